The van der Waals surface area contributed by atoms with Crippen molar-refractivity contribution in [1.29, 1.82) is 0 Å². The van der Waals surface area contributed by atoms with E-state index in [-0.39, 0.29) is 12.3 Å². The van der Waals surface area contributed by atoms with E-state index in [0.717, 1.165) is 55.2 Å². The van der Waals surface area contributed by atoms with Crippen LogP contribution in [-0.2, 0) is 9.53 Å². The lowest BCUT2D eigenvalue weighted by atomic mass is 9.96. The number of hydrogen-bond acceptors (Lipinski definition) is 7. The summed E-state index contributed by atoms with van der Waals surface area (Å²) < 4.78 is 10.6. The molecule has 0 radical (unpaired) electrons. The summed E-state index contributed by atoms with van der Waals surface area (Å²) in [6, 6.07) is 6.86. The standard InChI is InChI=1S/C22H30N4O4/c1-4-26(18-7-9-30-10-8-18)20-6-5-16(15(2)11-21(27)28)12-19(20)25-17-13-23-22(29-3)24-14-17/h5-6,12-15,18,25H,4,7-11H2,1-3H3,(H,27,28). The van der Waals surface area contributed by atoms with Gasteiger partial charge in [-0.3, -0.25) is 4.79 Å². The van der Waals surface area contributed by atoms with Crippen molar-refractivity contribution in [2.75, 3.05) is 37.1 Å². The van der Waals surface area contributed by atoms with Crippen molar-refractivity contribution >= 4 is 23.0 Å². The smallest absolute Gasteiger partial charge is 0.316 e. The van der Waals surface area contributed by atoms with Crippen molar-refractivity contribution < 1.29 is 19.4 Å². The number of benzene rings is 1. The lowest BCUT2D eigenvalue weighted by molar-refractivity contribution is -0.137. The summed E-state index contributed by atoms with van der Waals surface area (Å²) in [6.45, 7) is 6.48. The van der Waals surface area contributed by atoms with Gasteiger partial charge in [0.15, 0.2) is 0 Å². The Balaban J connectivity index is 1.95. The fraction of sp³-hybridized carbons (Fsp3) is 0.500. The number of carbonyl (C=O) groups is 1. The maximum Gasteiger partial charge on any atom is 0.316 e. The van der Waals surface area contributed by atoms with Crippen LogP contribution in [0.15, 0.2) is 30.6 Å². The Bertz CT molecular complexity index is 838. The molecule has 1 aliphatic rings. The molecule has 0 aliphatic carbocycles. The fourth-order valence-electron chi connectivity index (χ4n) is 3.85. The van der Waals surface area contributed by atoms with E-state index < -0.39 is 5.97 Å². The third kappa shape index (κ3) is 5.38. The number of carboxylic acids is 1. The molecule has 2 heterocycles. The normalized spacial score (nSPS) is 15.4. The van der Waals surface area contributed by atoms with Gasteiger partial charge >= 0.3 is 12.0 Å². The monoisotopic (exact) mass is 414 g/mol. The zero-order valence-corrected chi connectivity index (χ0v) is 17.8. The Hall–Kier alpha value is -2.87. The molecule has 0 spiro atoms. The first-order chi connectivity index (χ1) is 14.5. The Morgan fingerprint density at radius 1 is 1.33 bits per heavy atom. The van der Waals surface area contributed by atoms with Crippen LogP contribution in [0.1, 0.15) is 44.6 Å². The van der Waals surface area contributed by atoms with E-state index in [4.69, 9.17) is 9.47 Å². The number of aromatic nitrogens is 2. The van der Waals surface area contributed by atoms with E-state index in [1.165, 1.54) is 7.11 Å². The summed E-state index contributed by atoms with van der Waals surface area (Å²) in [5.41, 5.74) is 3.70. The van der Waals surface area contributed by atoms with E-state index in [9.17, 15) is 9.90 Å². The molecule has 0 saturated carbocycles. The first kappa shape index (κ1) is 21.8. The lowest BCUT2D eigenvalue weighted by Gasteiger charge is -2.36. The maximum absolute atomic E-state index is 11.2. The molecule has 1 aromatic carbocycles. The summed E-state index contributed by atoms with van der Waals surface area (Å²) in [4.78, 5) is 21.9. The summed E-state index contributed by atoms with van der Waals surface area (Å²) in [5, 5.41) is 12.6. The van der Waals surface area contributed by atoms with E-state index in [2.05, 4.69) is 33.2 Å². The molecule has 3 rings (SSSR count). The van der Waals surface area contributed by atoms with Gasteiger partial charge in [0, 0.05) is 25.8 Å². The summed E-state index contributed by atoms with van der Waals surface area (Å²) >= 11 is 0. The average molecular weight is 415 g/mol. The molecular weight excluding hydrogens is 384 g/mol. The van der Waals surface area contributed by atoms with Gasteiger partial charge in [-0.2, -0.15) is 0 Å². The van der Waals surface area contributed by atoms with Crippen LogP contribution in [0.5, 0.6) is 6.01 Å². The summed E-state index contributed by atoms with van der Waals surface area (Å²) in [7, 11) is 1.53. The van der Waals surface area contributed by atoms with Crippen molar-refractivity contribution in [1.82, 2.24) is 9.97 Å². The predicted octanol–water partition coefficient (Wildman–Crippen LogP) is 3.81. The number of nitrogens with one attached hydrogen (secondary N) is 1. The SMILES string of the molecule is CCN(c1ccc(C(C)CC(=O)O)cc1Nc1cnc(OC)nc1)C1CCOCC1. The molecule has 1 saturated heterocycles. The molecule has 1 fully saturated rings. The van der Waals surface area contributed by atoms with Crippen LogP contribution >= 0.6 is 0 Å². The first-order valence-electron chi connectivity index (χ1n) is 10.3. The highest BCUT2D eigenvalue weighted by Crippen LogP contribution is 2.35. The van der Waals surface area contributed by atoms with Gasteiger partial charge in [0.2, 0.25) is 0 Å². The minimum absolute atomic E-state index is 0.0852. The van der Waals surface area contributed by atoms with Crippen molar-refractivity contribution in [2.24, 2.45) is 0 Å². The number of carboxylic acid groups (broad SMARTS) is 1. The van der Waals surface area contributed by atoms with Gasteiger partial charge in [-0.1, -0.05) is 13.0 Å². The number of methoxy groups -OCH3 is 1. The predicted molar refractivity (Wildman–Crippen MR) is 116 cm³/mol. The van der Waals surface area contributed by atoms with E-state index in [1.807, 2.05) is 19.1 Å². The van der Waals surface area contributed by atoms with Crippen molar-refractivity contribution in [3.05, 3.63) is 36.2 Å². The molecule has 0 amide bonds. The number of rotatable bonds is 9. The molecule has 1 aromatic heterocycles. The molecule has 2 N–H and O–H groups in total. The van der Waals surface area contributed by atoms with Crippen LogP contribution in [0, 0.1) is 0 Å². The van der Waals surface area contributed by atoms with Crippen LogP contribution in [0.3, 0.4) is 0 Å². The van der Waals surface area contributed by atoms with Crippen molar-refractivity contribution in [3.8, 4) is 6.01 Å². The molecule has 1 atom stereocenters. The molecule has 30 heavy (non-hydrogen) atoms. The van der Waals surface area contributed by atoms with E-state index in [1.54, 1.807) is 12.4 Å². The molecule has 8 nitrogen and oxygen atoms in total. The number of hydrogen-bond donors (Lipinski definition) is 2. The van der Waals surface area contributed by atoms with Gasteiger partial charge in [-0.25, -0.2) is 9.97 Å². The second-order valence-electron chi connectivity index (χ2n) is 7.49. The first-order valence-corrected chi connectivity index (χ1v) is 10.3. The quantitative estimate of drug-likeness (QED) is 0.639. The van der Waals surface area contributed by atoms with Gasteiger partial charge in [0.05, 0.1) is 43.0 Å². The Labute approximate surface area is 177 Å². The number of aliphatic carboxylic acids is 1. The van der Waals surface area contributed by atoms with Gasteiger partial charge < -0.3 is 24.8 Å². The molecule has 2 aromatic rings. The van der Waals surface area contributed by atoms with Crippen molar-refractivity contribution in [3.63, 3.8) is 0 Å². The highest BCUT2D eigenvalue weighted by atomic mass is 16.5. The van der Waals surface area contributed by atoms with E-state index in [0.29, 0.717) is 12.1 Å². The molecule has 8 heteroatoms. The second kappa shape index (κ2) is 10.2. The highest BCUT2D eigenvalue weighted by Gasteiger charge is 2.23. The Kier molecular flexibility index (Phi) is 7.46. The van der Waals surface area contributed by atoms with Crippen LogP contribution in [0.2, 0.25) is 0 Å². The summed E-state index contributed by atoms with van der Waals surface area (Å²) in [5.74, 6) is -0.899. The minimum Gasteiger partial charge on any atom is -0.481 e. The van der Waals surface area contributed by atoms with Crippen LogP contribution in [-0.4, -0.2) is 54.0 Å². The van der Waals surface area contributed by atoms with Gasteiger partial charge in [-0.05, 0) is 43.4 Å². The summed E-state index contributed by atoms with van der Waals surface area (Å²) in [6.07, 6.45) is 5.40. The van der Waals surface area contributed by atoms with Crippen LogP contribution in [0.4, 0.5) is 17.1 Å². The Morgan fingerprint density at radius 3 is 2.63 bits per heavy atom. The van der Waals surface area contributed by atoms with Gasteiger partial charge in [0.25, 0.3) is 0 Å². The number of anilines is 3. The number of ether oxygens (including phenoxy) is 2. The average Bonchev–Trinajstić information content (AvgIpc) is 2.76. The topological polar surface area (TPSA) is 96.8 Å². The number of nitrogens with zero attached hydrogens (tertiary/aromatic N) is 3. The highest BCUT2D eigenvalue weighted by molar-refractivity contribution is 5.76. The van der Waals surface area contributed by atoms with Gasteiger partial charge in [0.1, 0.15) is 0 Å². The van der Waals surface area contributed by atoms with Crippen molar-refractivity contribution in [2.45, 2.75) is 45.1 Å². The third-order valence-electron chi connectivity index (χ3n) is 5.44. The minimum atomic E-state index is -0.804. The van der Waals surface area contributed by atoms with Crippen LogP contribution < -0.4 is 15.0 Å². The molecule has 162 valence electrons. The fourth-order valence-corrected chi connectivity index (χ4v) is 3.85. The van der Waals surface area contributed by atoms with Crippen LogP contribution in [0.25, 0.3) is 0 Å². The lowest BCUT2D eigenvalue weighted by Crippen LogP contribution is -2.39. The molecule has 1 aliphatic heterocycles. The second-order valence-corrected chi connectivity index (χ2v) is 7.49. The Morgan fingerprint density at radius 2 is 2.03 bits per heavy atom. The molecule has 0 bridgehead atoms. The third-order valence-corrected chi connectivity index (χ3v) is 5.44. The maximum atomic E-state index is 11.2. The van der Waals surface area contributed by atoms with Gasteiger partial charge in [-0.15, -0.1) is 0 Å². The van der Waals surface area contributed by atoms with E-state index >= 15 is 0 Å². The molecular formula is C22H30N4O4. The zero-order chi connectivity index (χ0) is 21.5. The molecule has 1 unspecified atom stereocenters. The largest absolute Gasteiger partial charge is 0.481 e. The zero-order valence-electron chi connectivity index (χ0n) is 17.8.